The Bertz CT molecular complexity index is 210. The zero-order valence-electron chi connectivity index (χ0n) is 7.54. The van der Waals surface area contributed by atoms with Crippen molar-refractivity contribution in [2.24, 2.45) is 0 Å². The lowest BCUT2D eigenvalue weighted by atomic mass is 10.3. The molecule has 0 unspecified atom stereocenters. The van der Waals surface area contributed by atoms with E-state index in [2.05, 4.69) is 17.8 Å². The molecule has 66 valence electrons. The highest BCUT2D eigenvalue weighted by atomic mass is 15.7. The first kappa shape index (κ1) is 9.03. The molecule has 3 heteroatoms. The van der Waals surface area contributed by atoms with E-state index in [0.29, 0.717) is 0 Å². The minimum Gasteiger partial charge on any atom is -0.242 e. The van der Waals surface area contributed by atoms with E-state index in [0.717, 1.165) is 12.2 Å². The van der Waals surface area contributed by atoms with Crippen molar-refractivity contribution in [3.8, 4) is 0 Å². The van der Waals surface area contributed by atoms with Crippen molar-refractivity contribution >= 4 is 5.69 Å². The zero-order chi connectivity index (χ0) is 8.81. The molecule has 0 atom stereocenters. The Balaban J connectivity index is 2.66. The zero-order valence-corrected chi connectivity index (χ0v) is 7.54. The normalized spacial score (nSPS) is 9.83. The molecular formula is C9H15N3. The largest absolute Gasteiger partial charge is 0.242 e. The highest BCUT2D eigenvalue weighted by Crippen LogP contribution is 2.07. The highest BCUT2D eigenvalue weighted by molar-refractivity contribution is 5.43. The van der Waals surface area contributed by atoms with Gasteiger partial charge >= 0.3 is 0 Å². The third-order valence-corrected chi connectivity index (χ3v) is 1.55. The molecule has 0 aliphatic heterocycles. The second-order valence-corrected chi connectivity index (χ2v) is 2.41. The van der Waals surface area contributed by atoms with Crippen LogP contribution in [0.5, 0.6) is 0 Å². The van der Waals surface area contributed by atoms with E-state index < -0.39 is 0 Å². The fourth-order valence-electron chi connectivity index (χ4n) is 1.03. The SMILES string of the molecule is CCNN(NC)c1ccccc1. The molecule has 12 heavy (non-hydrogen) atoms. The van der Waals surface area contributed by atoms with Crippen LogP contribution in [0.25, 0.3) is 0 Å². The van der Waals surface area contributed by atoms with Crippen LogP contribution in [0.1, 0.15) is 6.92 Å². The summed E-state index contributed by atoms with van der Waals surface area (Å²) in [5, 5.41) is 1.89. The van der Waals surface area contributed by atoms with Crippen LogP contribution in [0.2, 0.25) is 0 Å². The molecule has 0 aliphatic rings. The molecule has 1 aromatic rings. The molecule has 0 saturated carbocycles. The quantitative estimate of drug-likeness (QED) is 0.655. The van der Waals surface area contributed by atoms with E-state index in [9.17, 15) is 0 Å². The smallest absolute Gasteiger partial charge is 0.0701 e. The summed E-state index contributed by atoms with van der Waals surface area (Å²) in [6, 6.07) is 10.1. The van der Waals surface area contributed by atoms with Crippen molar-refractivity contribution in [3.63, 3.8) is 0 Å². The molecule has 0 saturated heterocycles. The van der Waals surface area contributed by atoms with Crippen LogP contribution >= 0.6 is 0 Å². The van der Waals surface area contributed by atoms with Gasteiger partial charge in [-0.25, -0.2) is 16.0 Å². The second kappa shape index (κ2) is 4.74. The van der Waals surface area contributed by atoms with Crippen LogP contribution in [0.15, 0.2) is 30.3 Å². The van der Waals surface area contributed by atoms with Crippen LogP contribution in [-0.4, -0.2) is 13.6 Å². The Morgan fingerprint density at radius 1 is 1.25 bits per heavy atom. The number of anilines is 1. The molecule has 0 heterocycles. The number of hydrogen-bond donors (Lipinski definition) is 2. The van der Waals surface area contributed by atoms with Crippen molar-refractivity contribution in [2.45, 2.75) is 6.92 Å². The van der Waals surface area contributed by atoms with Gasteiger partial charge in [0.25, 0.3) is 0 Å². The first-order chi connectivity index (χ1) is 5.88. The Morgan fingerprint density at radius 3 is 2.42 bits per heavy atom. The topological polar surface area (TPSA) is 27.3 Å². The average molecular weight is 165 g/mol. The number of nitrogens with zero attached hydrogens (tertiary/aromatic N) is 1. The molecule has 1 aromatic carbocycles. The molecule has 0 spiro atoms. The van der Waals surface area contributed by atoms with Gasteiger partial charge in [-0.1, -0.05) is 25.1 Å². The van der Waals surface area contributed by atoms with E-state index in [1.807, 2.05) is 42.5 Å². The summed E-state index contributed by atoms with van der Waals surface area (Å²) >= 11 is 0. The first-order valence-corrected chi connectivity index (χ1v) is 4.14. The Hall–Kier alpha value is -1.06. The minimum absolute atomic E-state index is 0.899. The maximum atomic E-state index is 3.17. The van der Waals surface area contributed by atoms with Gasteiger partial charge < -0.3 is 0 Å². The molecule has 0 amide bonds. The van der Waals surface area contributed by atoms with E-state index in [-0.39, 0.29) is 0 Å². The van der Waals surface area contributed by atoms with Crippen molar-refractivity contribution in [3.05, 3.63) is 30.3 Å². The lowest BCUT2D eigenvalue weighted by Gasteiger charge is -2.23. The second-order valence-electron chi connectivity index (χ2n) is 2.41. The molecule has 0 aliphatic carbocycles. The summed E-state index contributed by atoms with van der Waals surface area (Å²) in [6.45, 7) is 2.96. The Morgan fingerprint density at radius 2 is 1.92 bits per heavy atom. The fourth-order valence-corrected chi connectivity index (χ4v) is 1.03. The molecule has 1 rings (SSSR count). The maximum absolute atomic E-state index is 3.17. The third kappa shape index (κ3) is 2.22. The Labute approximate surface area is 73.3 Å². The van der Waals surface area contributed by atoms with Crippen molar-refractivity contribution in [1.82, 2.24) is 10.9 Å². The summed E-state index contributed by atoms with van der Waals surface area (Å²) in [5.41, 5.74) is 7.33. The van der Waals surface area contributed by atoms with Crippen LogP contribution in [0.3, 0.4) is 0 Å². The number of hydrazine groups is 2. The van der Waals surface area contributed by atoms with Crippen molar-refractivity contribution in [2.75, 3.05) is 18.7 Å². The molecule has 0 fully saturated rings. The van der Waals surface area contributed by atoms with Gasteiger partial charge in [-0.3, -0.25) is 0 Å². The minimum atomic E-state index is 0.899. The van der Waals surface area contributed by atoms with E-state index in [1.165, 1.54) is 0 Å². The van der Waals surface area contributed by atoms with Gasteiger partial charge in [-0.2, -0.15) is 0 Å². The summed E-state index contributed by atoms with van der Waals surface area (Å²) in [6.07, 6.45) is 0. The summed E-state index contributed by atoms with van der Waals surface area (Å²) in [4.78, 5) is 0. The molecule has 2 N–H and O–H groups in total. The van der Waals surface area contributed by atoms with Gasteiger partial charge in [0, 0.05) is 13.6 Å². The van der Waals surface area contributed by atoms with Gasteiger partial charge in [-0.15, -0.1) is 0 Å². The third-order valence-electron chi connectivity index (χ3n) is 1.55. The predicted molar refractivity (Wildman–Crippen MR) is 51.7 cm³/mol. The van der Waals surface area contributed by atoms with Gasteiger partial charge in [0.05, 0.1) is 5.69 Å². The predicted octanol–water partition coefficient (Wildman–Crippen LogP) is 1.15. The van der Waals surface area contributed by atoms with Gasteiger partial charge in [0.2, 0.25) is 0 Å². The lowest BCUT2D eigenvalue weighted by Crippen LogP contribution is -2.46. The molecule has 0 bridgehead atoms. The standard InChI is InChI=1S/C9H15N3/c1-3-11-12(10-2)9-7-5-4-6-8-9/h4-8,10-11H,3H2,1-2H3. The van der Waals surface area contributed by atoms with Crippen LogP contribution in [0, 0.1) is 0 Å². The number of benzene rings is 1. The average Bonchev–Trinajstić information content (AvgIpc) is 2.15. The molecular weight excluding hydrogens is 150 g/mol. The number of nitrogens with one attached hydrogen (secondary N) is 2. The van der Waals surface area contributed by atoms with Crippen molar-refractivity contribution in [1.29, 1.82) is 0 Å². The molecule has 3 nitrogen and oxygen atoms in total. The first-order valence-electron chi connectivity index (χ1n) is 4.14. The number of rotatable bonds is 4. The molecule has 0 aromatic heterocycles. The molecule has 0 radical (unpaired) electrons. The van der Waals surface area contributed by atoms with Gasteiger partial charge in [0.1, 0.15) is 0 Å². The number of hydrogen-bond acceptors (Lipinski definition) is 3. The van der Waals surface area contributed by atoms with E-state index >= 15 is 0 Å². The fraction of sp³-hybridized carbons (Fsp3) is 0.333. The maximum Gasteiger partial charge on any atom is 0.0701 e. The van der Waals surface area contributed by atoms with Crippen LogP contribution in [-0.2, 0) is 0 Å². The summed E-state index contributed by atoms with van der Waals surface area (Å²) in [7, 11) is 1.88. The lowest BCUT2D eigenvalue weighted by molar-refractivity contribution is 0.582. The number of para-hydroxylation sites is 1. The summed E-state index contributed by atoms with van der Waals surface area (Å²) < 4.78 is 0. The Kier molecular flexibility index (Phi) is 3.57. The van der Waals surface area contributed by atoms with Crippen LogP contribution < -0.4 is 16.0 Å². The van der Waals surface area contributed by atoms with Gasteiger partial charge in [-0.05, 0) is 12.1 Å². The van der Waals surface area contributed by atoms with E-state index in [1.54, 1.807) is 0 Å². The van der Waals surface area contributed by atoms with Gasteiger partial charge in [0.15, 0.2) is 0 Å². The van der Waals surface area contributed by atoms with E-state index in [4.69, 9.17) is 0 Å². The highest BCUT2D eigenvalue weighted by Gasteiger charge is 1.98. The monoisotopic (exact) mass is 165 g/mol. The summed E-state index contributed by atoms with van der Waals surface area (Å²) in [5.74, 6) is 0. The van der Waals surface area contributed by atoms with Crippen LogP contribution in [0.4, 0.5) is 5.69 Å². The van der Waals surface area contributed by atoms with Crippen molar-refractivity contribution < 1.29 is 0 Å².